The molecule has 4 nitrogen and oxygen atoms in total. The number of amides is 1. The molecule has 2 rings (SSSR count). The first-order chi connectivity index (χ1) is 9.47. The second-order valence-electron chi connectivity index (χ2n) is 4.13. The average molecular weight is 283 g/mol. The zero-order chi connectivity index (χ0) is 14.6. The number of H-pyrrole nitrogens is 1. The molecule has 0 aliphatic rings. The molecule has 1 aromatic heterocycles. The van der Waals surface area contributed by atoms with Crippen molar-refractivity contribution in [2.45, 2.75) is 12.6 Å². The predicted octanol–water partition coefficient (Wildman–Crippen LogP) is 2.40. The van der Waals surface area contributed by atoms with E-state index in [1.165, 1.54) is 0 Å². The van der Waals surface area contributed by atoms with Crippen LogP contribution in [-0.2, 0) is 12.6 Å². The first-order valence-corrected chi connectivity index (χ1v) is 5.91. The summed E-state index contributed by atoms with van der Waals surface area (Å²) in [6, 6.07) is 8.58. The van der Waals surface area contributed by atoms with Crippen LogP contribution in [0, 0.1) is 0 Å². The maximum Gasteiger partial charge on any atom is 0.449 e. The predicted molar refractivity (Wildman–Crippen MR) is 66.1 cm³/mol. The Bertz CT molecular complexity index is 578. The van der Waals surface area contributed by atoms with Gasteiger partial charge in [-0.15, -0.1) is 0 Å². The van der Waals surface area contributed by atoms with Crippen molar-refractivity contribution >= 4 is 5.91 Å². The van der Waals surface area contributed by atoms with E-state index in [1.54, 1.807) is 30.3 Å². The minimum Gasteiger partial charge on any atom is -0.352 e. The van der Waals surface area contributed by atoms with Crippen LogP contribution < -0.4 is 5.32 Å². The zero-order valence-electron chi connectivity index (χ0n) is 10.4. The van der Waals surface area contributed by atoms with E-state index in [1.807, 2.05) is 0 Å². The molecule has 2 aromatic rings. The topological polar surface area (TPSA) is 57.8 Å². The zero-order valence-corrected chi connectivity index (χ0v) is 10.4. The minimum atomic E-state index is -4.48. The van der Waals surface area contributed by atoms with Crippen LogP contribution in [0.25, 0.3) is 0 Å². The normalized spacial score (nSPS) is 11.3. The molecule has 0 spiro atoms. The number of nitrogens with zero attached hydrogens (tertiary/aromatic N) is 1. The van der Waals surface area contributed by atoms with Crippen molar-refractivity contribution in [1.29, 1.82) is 0 Å². The summed E-state index contributed by atoms with van der Waals surface area (Å²) in [7, 11) is 0. The van der Waals surface area contributed by atoms with Gasteiger partial charge in [-0.1, -0.05) is 18.2 Å². The van der Waals surface area contributed by atoms with Crippen molar-refractivity contribution in [2.75, 3.05) is 6.54 Å². The Kier molecular flexibility index (Phi) is 4.07. The summed E-state index contributed by atoms with van der Waals surface area (Å²) in [6.07, 6.45) is -3.11. The number of hydrogen-bond acceptors (Lipinski definition) is 2. The third-order valence-electron chi connectivity index (χ3n) is 2.61. The van der Waals surface area contributed by atoms with Gasteiger partial charge in [0.2, 0.25) is 5.82 Å². The van der Waals surface area contributed by atoms with Crippen molar-refractivity contribution in [3.63, 3.8) is 0 Å². The number of aromatic amines is 1. The number of carbonyl (C=O) groups excluding carboxylic acids is 1. The molecule has 2 N–H and O–H groups in total. The maximum atomic E-state index is 12.3. The highest BCUT2D eigenvalue weighted by Crippen LogP contribution is 2.26. The molecule has 1 heterocycles. The van der Waals surface area contributed by atoms with Crippen LogP contribution in [0.1, 0.15) is 21.9 Å². The molecule has 0 aliphatic carbocycles. The summed E-state index contributed by atoms with van der Waals surface area (Å²) in [5, 5.41) is 2.63. The molecule has 0 unspecified atom stereocenters. The monoisotopic (exact) mass is 283 g/mol. The lowest BCUT2D eigenvalue weighted by atomic mass is 10.2. The summed E-state index contributed by atoms with van der Waals surface area (Å²) in [6.45, 7) is 0.229. The Labute approximate surface area is 113 Å². The Morgan fingerprint density at radius 2 is 1.95 bits per heavy atom. The molecule has 0 radical (unpaired) electrons. The van der Waals surface area contributed by atoms with Crippen LogP contribution in [0.2, 0.25) is 0 Å². The summed E-state index contributed by atoms with van der Waals surface area (Å²) in [5.74, 6) is -1.29. The van der Waals surface area contributed by atoms with Crippen molar-refractivity contribution in [3.8, 4) is 0 Å². The van der Waals surface area contributed by atoms with Crippen LogP contribution in [0.4, 0.5) is 13.2 Å². The molecule has 1 amide bonds. The highest BCUT2D eigenvalue weighted by Gasteiger charge is 2.34. The number of carbonyl (C=O) groups is 1. The molecule has 0 aliphatic heterocycles. The standard InChI is InChI=1S/C13H12F3N3O/c14-13(15,16)12-18-8-10(19-12)6-7-17-11(20)9-4-2-1-3-5-9/h1-5,8H,6-7H2,(H,17,20)(H,18,19). The van der Waals surface area contributed by atoms with Crippen LogP contribution in [-0.4, -0.2) is 22.4 Å². The SMILES string of the molecule is O=C(NCCc1cnc(C(F)(F)F)[nH]1)c1ccccc1. The van der Waals surface area contributed by atoms with Gasteiger partial charge < -0.3 is 10.3 Å². The fraction of sp³-hybridized carbons (Fsp3) is 0.231. The first-order valence-electron chi connectivity index (χ1n) is 5.91. The largest absolute Gasteiger partial charge is 0.449 e. The third-order valence-corrected chi connectivity index (χ3v) is 2.61. The molecule has 0 saturated heterocycles. The molecule has 20 heavy (non-hydrogen) atoms. The summed E-state index contributed by atoms with van der Waals surface area (Å²) in [4.78, 5) is 17.1. The molecule has 0 bridgehead atoms. The Balaban J connectivity index is 1.85. The minimum absolute atomic E-state index is 0.229. The number of imidazole rings is 1. The van der Waals surface area contributed by atoms with Gasteiger partial charge in [-0.2, -0.15) is 13.2 Å². The van der Waals surface area contributed by atoms with E-state index >= 15 is 0 Å². The average Bonchev–Trinajstić information content (AvgIpc) is 2.88. The van der Waals surface area contributed by atoms with Gasteiger partial charge in [0.25, 0.3) is 5.91 Å². The lowest BCUT2D eigenvalue weighted by Crippen LogP contribution is -2.25. The number of aromatic nitrogens is 2. The van der Waals surface area contributed by atoms with Gasteiger partial charge in [-0.05, 0) is 12.1 Å². The van der Waals surface area contributed by atoms with Gasteiger partial charge in [0.15, 0.2) is 0 Å². The summed E-state index contributed by atoms with van der Waals surface area (Å²) >= 11 is 0. The third kappa shape index (κ3) is 3.59. The van der Waals surface area contributed by atoms with Gasteiger partial charge in [0, 0.05) is 30.4 Å². The second kappa shape index (κ2) is 5.77. The molecular formula is C13H12F3N3O. The number of alkyl halides is 3. The Morgan fingerprint density at radius 3 is 2.55 bits per heavy atom. The summed E-state index contributed by atoms with van der Waals surface area (Å²) < 4.78 is 36.9. The van der Waals surface area contributed by atoms with E-state index in [2.05, 4.69) is 15.3 Å². The quantitative estimate of drug-likeness (QED) is 0.905. The first kappa shape index (κ1) is 14.1. The highest BCUT2D eigenvalue weighted by molar-refractivity contribution is 5.94. The number of benzene rings is 1. The van der Waals surface area contributed by atoms with E-state index in [0.29, 0.717) is 11.3 Å². The molecule has 7 heteroatoms. The van der Waals surface area contributed by atoms with E-state index in [-0.39, 0.29) is 18.9 Å². The van der Waals surface area contributed by atoms with Crippen molar-refractivity contribution < 1.29 is 18.0 Å². The molecule has 106 valence electrons. The molecule has 0 atom stereocenters. The maximum absolute atomic E-state index is 12.3. The molecule has 0 saturated carbocycles. The summed E-state index contributed by atoms with van der Waals surface area (Å²) in [5.41, 5.74) is 0.832. The number of halogens is 3. The van der Waals surface area contributed by atoms with Crippen LogP contribution in [0.5, 0.6) is 0 Å². The lowest BCUT2D eigenvalue weighted by molar-refractivity contribution is -0.144. The number of hydrogen-bond donors (Lipinski definition) is 2. The van der Waals surface area contributed by atoms with Crippen LogP contribution >= 0.6 is 0 Å². The van der Waals surface area contributed by atoms with Gasteiger partial charge in [0.05, 0.1) is 0 Å². The van der Waals surface area contributed by atoms with Crippen molar-refractivity contribution in [3.05, 3.63) is 53.6 Å². The fourth-order valence-electron chi connectivity index (χ4n) is 1.63. The van der Waals surface area contributed by atoms with E-state index < -0.39 is 12.0 Å². The van der Waals surface area contributed by atoms with Crippen molar-refractivity contribution in [2.24, 2.45) is 0 Å². The second-order valence-corrected chi connectivity index (χ2v) is 4.13. The molecule has 0 fully saturated rings. The van der Waals surface area contributed by atoms with Gasteiger partial charge >= 0.3 is 6.18 Å². The van der Waals surface area contributed by atoms with Crippen molar-refractivity contribution in [1.82, 2.24) is 15.3 Å². The molecular weight excluding hydrogens is 271 g/mol. The van der Waals surface area contributed by atoms with E-state index in [4.69, 9.17) is 0 Å². The Morgan fingerprint density at radius 1 is 1.25 bits per heavy atom. The van der Waals surface area contributed by atoms with Crippen LogP contribution in [0.15, 0.2) is 36.5 Å². The van der Waals surface area contributed by atoms with E-state index in [9.17, 15) is 18.0 Å². The highest BCUT2D eigenvalue weighted by atomic mass is 19.4. The molecule has 1 aromatic carbocycles. The number of rotatable bonds is 4. The van der Waals surface area contributed by atoms with E-state index in [0.717, 1.165) is 6.20 Å². The Hall–Kier alpha value is -2.31. The van der Waals surface area contributed by atoms with Gasteiger partial charge in [-0.25, -0.2) is 4.98 Å². The van der Waals surface area contributed by atoms with Gasteiger partial charge in [0.1, 0.15) is 0 Å². The van der Waals surface area contributed by atoms with Crippen LogP contribution in [0.3, 0.4) is 0 Å². The lowest BCUT2D eigenvalue weighted by Gasteiger charge is -2.04. The number of nitrogens with one attached hydrogen (secondary N) is 2. The van der Waals surface area contributed by atoms with Gasteiger partial charge in [-0.3, -0.25) is 4.79 Å². The smallest absolute Gasteiger partial charge is 0.352 e. The fourth-order valence-corrected chi connectivity index (χ4v) is 1.63.